The van der Waals surface area contributed by atoms with Crippen molar-refractivity contribution < 1.29 is 9.47 Å². The van der Waals surface area contributed by atoms with Gasteiger partial charge in [-0.2, -0.15) is 0 Å². The Bertz CT molecular complexity index is 591. The second-order valence-electron chi connectivity index (χ2n) is 5.03. The van der Waals surface area contributed by atoms with Gasteiger partial charge in [-0.3, -0.25) is 5.41 Å². The Hall–Kier alpha value is -2.00. The summed E-state index contributed by atoms with van der Waals surface area (Å²) in [4.78, 5) is 0. The Morgan fingerprint density at radius 1 is 0.955 bits per heavy atom. The predicted molar refractivity (Wildman–Crippen MR) is 93.3 cm³/mol. The average molecular weight is 320 g/mol. The molecule has 3 nitrogen and oxygen atoms in total. The highest BCUT2D eigenvalue weighted by molar-refractivity contribution is 5.92. The highest BCUT2D eigenvalue weighted by Gasteiger charge is 2.04. The van der Waals surface area contributed by atoms with E-state index in [1.165, 1.54) is 0 Å². The van der Waals surface area contributed by atoms with E-state index in [0.717, 1.165) is 22.4 Å². The number of hydrogen-bond acceptors (Lipinski definition) is 3. The molecule has 0 bridgehead atoms. The summed E-state index contributed by atoms with van der Waals surface area (Å²) in [5.74, 6) is 1.09. The van der Waals surface area contributed by atoms with Gasteiger partial charge in [0.25, 0.3) is 0 Å². The lowest BCUT2D eigenvalue weighted by molar-refractivity contribution is 0.242. The first-order valence-corrected chi connectivity index (χ1v) is 7.19. The first kappa shape index (κ1) is 18.1. The molecule has 0 radical (unpaired) electrons. The van der Waals surface area contributed by atoms with Gasteiger partial charge in [0, 0.05) is 5.56 Å². The van der Waals surface area contributed by atoms with E-state index in [4.69, 9.17) is 14.9 Å². The quantitative estimate of drug-likeness (QED) is 0.627. The van der Waals surface area contributed by atoms with Gasteiger partial charge in [0.05, 0.1) is 12.7 Å². The summed E-state index contributed by atoms with van der Waals surface area (Å²) in [7, 11) is 0. The van der Waals surface area contributed by atoms with Crippen molar-refractivity contribution in [2.75, 3.05) is 6.61 Å². The maximum atomic E-state index is 7.76. The Balaban J connectivity index is 0.00000242. The van der Waals surface area contributed by atoms with Crippen LogP contribution in [0.25, 0.3) is 11.1 Å². The van der Waals surface area contributed by atoms with Crippen LogP contribution in [0.5, 0.6) is 5.75 Å². The van der Waals surface area contributed by atoms with Crippen molar-refractivity contribution in [1.29, 1.82) is 5.41 Å². The zero-order valence-electron chi connectivity index (χ0n) is 13.1. The van der Waals surface area contributed by atoms with Crippen LogP contribution in [-0.4, -0.2) is 18.6 Å². The molecule has 4 heteroatoms. The summed E-state index contributed by atoms with van der Waals surface area (Å²) in [6, 6.07) is 15.9. The minimum Gasteiger partial charge on any atom is -0.491 e. The maximum Gasteiger partial charge on any atom is 0.213 e. The van der Waals surface area contributed by atoms with Crippen LogP contribution < -0.4 is 4.74 Å². The molecule has 0 aliphatic carbocycles. The fourth-order valence-electron chi connectivity index (χ4n) is 2.04. The zero-order chi connectivity index (χ0) is 15.2. The van der Waals surface area contributed by atoms with Gasteiger partial charge in [-0.1, -0.05) is 24.3 Å². The summed E-state index contributed by atoms with van der Waals surface area (Å²) < 4.78 is 10.8. The number of nitrogens with one attached hydrogen (secondary N) is 1. The van der Waals surface area contributed by atoms with Crippen LogP contribution in [0.1, 0.15) is 26.3 Å². The summed E-state index contributed by atoms with van der Waals surface area (Å²) in [5.41, 5.74) is 3.03. The number of rotatable bonds is 5. The van der Waals surface area contributed by atoms with Crippen LogP contribution in [0.3, 0.4) is 0 Å². The van der Waals surface area contributed by atoms with Gasteiger partial charge in [-0.15, -0.1) is 12.4 Å². The molecule has 0 heterocycles. The molecule has 0 fully saturated rings. The van der Waals surface area contributed by atoms with E-state index >= 15 is 0 Å². The Kier molecular flexibility index (Phi) is 6.93. The lowest BCUT2D eigenvalue weighted by Gasteiger charge is -2.10. The summed E-state index contributed by atoms with van der Waals surface area (Å²) in [5, 5.41) is 7.76. The van der Waals surface area contributed by atoms with Crippen LogP contribution in [0.2, 0.25) is 0 Å². The molecular formula is C18H22ClNO2. The van der Waals surface area contributed by atoms with Crippen LogP contribution in [0, 0.1) is 5.41 Å². The molecule has 0 atom stereocenters. The van der Waals surface area contributed by atoms with E-state index < -0.39 is 0 Å². The minimum absolute atomic E-state index is 0. The first-order valence-electron chi connectivity index (χ1n) is 7.19. The average Bonchev–Trinajstić information content (AvgIpc) is 2.48. The van der Waals surface area contributed by atoms with Gasteiger partial charge in [-0.25, -0.2) is 0 Å². The van der Waals surface area contributed by atoms with Gasteiger partial charge in [0.1, 0.15) is 5.75 Å². The fraction of sp³-hybridized carbons (Fsp3) is 0.278. The summed E-state index contributed by atoms with van der Waals surface area (Å²) in [6.45, 7) is 6.42. The molecular weight excluding hydrogens is 298 g/mol. The third kappa shape index (κ3) is 4.78. The van der Waals surface area contributed by atoms with E-state index in [2.05, 4.69) is 0 Å². The first-order chi connectivity index (χ1) is 10.1. The SMILES string of the molecule is CCOC(=N)c1ccc(-c2ccc(OC(C)C)cc2)cc1.Cl. The number of ether oxygens (including phenoxy) is 2. The van der Waals surface area contributed by atoms with Gasteiger partial charge < -0.3 is 9.47 Å². The Labute approximate surface area is 138 Å². The number of halogens is 1. The molecule has 0 unspecified atom stereocenters. The van der Waals surface area contributed by atoms with Crippen molar-refractivity contribution in [3.8, 4) is 16.9 Å². The van der Waals surface area contributed by atoms with Gasteiger partial charge in [0.2, 0.25) is 5.90 Å². The molecule has 1 N–H and O–H groups in total. The summed E-state index contributed by atoms with van der Waals surface area (Å²) >= 11 is 0. The summed E-state index contributed by atoms with van der Waals surface area (Å²) in [6.07, 6.45) is 0.180. The standard InChI is InChI=1S/C18H21NO2.ClH/c1-4-20-18(19)16-7-5-14(6-8-16)15-9-11-17(12-10-15)21-13(2)3;/h5-13,19H,4H2,1-3H3;1H. The highest BCUT2D eigenvalue weighted by atomic mass is 35.5. The van der Waals surface area contributed by atoms with Crippen molar-refractivity contribution in [2.45, 2.75) is 26.9 Å². The Morgan fingerprint density at radius 2 is 1.45 bits per heavy atom. The van der Waals surface area contributed by atoms with Gasteiger partial charge in [-0.05, 0) is 56.2 Å². The molecule has 0 aliphatic rings. The van der Waals surface area contributed by atoms with Crippen molar-refractivity contribution >= 4 is 18.3 Å². The monoisotopic (exact) mass is 319 g/mol. The Morgan fingerprint density at radius 3 is 1.91 bits per heavy atom. The second kappa shape index (κ2) is 8.44. The van der Waals surface area contributed by atoms with Gasteiger partial charge in [0.15, 0.2) is 0 Å². The van der Waals surface area contributed by atoms with Crippen molar-refractivity contribution in [3.63, 3.8) is 0 Å². The normalized spacial score (nSPS) is 10.0. The van der Waals surface area contributed by atoms with E-state index in [0.29, 0.717) is 6.61 Å². The third-order valence-electron chi connectivity index (χ3n) is 3.00. The number of hydrogen-bond donors (Lipinski definition) is 1. The molecule has 0 saturated carbocycles. The van der Waals surface area contributed by atoms with E-state index in [-0.39, 0.29) is 24.4 Å². The van der Waals surface area contributed by atoms with Crippen molar-refractivity contribution in [1.82, 2.24) is 0 Å². The van der Waals surface area contributed by atoms with Crippen molar-refractivity contribution in [3.05, 3.63) is 54.1 Å². The largest absolute Gasteiger partial charge is 0.491 e. The molecule has 0 amide bonds. The highest BCUT2D eigenvalue weighted by Crippen LogP contribution is 2.23. The predicted octanol–water partition coefficient (Wildman–Crippen LogP) is 4.92. The molecule has 0 aliphatic heterocycles. The minimum atomic E-state index is 0. The third-order valence-corrected chi connectivity index (χ3v) is 3.00. The van der Waals surface area contributed by atoms with Gasteiger partial charge >= 0.3 is 0 Å². The molecule has 0 spiro atoms. The van der Waals surface area contributed by atoms with Crippen LogP contribution >= 0.6 is 12.4 Å². The van der Waals surface area contributed by atoms with Crippen LogP contribution in [0.4, 0.5) is 0 Å². The fourth-order valence-corrected chi connectivity index (χ4v) is 2.04. The zero-order valence-corrected chi connectivity index (χ0v) is 13.9. The number of benzene rings is 2. The topological polar surface area (TPSA) is 42.3 Å². The van der Waals surface area contributed by atoms with Crippen molar-refractivity contribution in [2.24, 2.45) is 0 Å². The van der Waals surface area contributed by atoms with Crippen LogP contribution in [0.15, 0.2) is 48.5 Å². The van der Waals surface area contributed by atoms with E-state index in [9.17, 15) is 0 Å². The van der Waals surface area contributed by atoms with Crippen LogP contribution in [-0.2, 0) is 4.74 Å². The maximum absolute atomic E-state index is 7.76. The molecule has 118 valence electrons. The molecule has 22 heavy (non-hydrogen) atoms. The molecule has 0 aromatic heterocycles. The molecule has 2 rings (SSSR count). The lowest BCUT2D eigenvalue weighted by atomic mass is 10.0. The lowest BCUT2D eigenvalue weighted by Crippen LogP contribution is -2.05. The molecule has 2 aromatic carbocycles. The van der Waals surface area contributed by atoms with E-state index in [1.807, 2.05) is 69.3 Å². The van der Waals surface area contributed by atoms with E-state index in [1.54, 1.807) is 0 Å². The molecule has 0 saturated heterocycles. The smallest absolute Gasteiger partial charge is 0.213 e. The molecule has 2 aromatic rings. The second-order valence-corrected chi connectivity index (χ2v) is 5.03.